The van der Waals surface area contributed by atoms with Crippen LogP contribution in [-0.2, 0) is 18.4 Å². The molecule has 0 aliphatic heterocycles. The molecular formula is C12H22NO4P. The molecule has 0 rings (SSSR count). The quantitative estimate of drug-likeness (QED) is 0.407. The first-order valence-electron chi connectivity index (χ1n) is 5.82. The Morgan fingerprint density at radius 3 is 2.11 bits per heavy atom. The molecular weight excluding hydrogens is 253 g/mol. The Bertz CT molecular complexity index is 364. The first-order valence-corrected chi connectivity index (χ1v) is 7.44. The minimum Gasteiger partial charge on any atom is -0.345 e. The molecule has 0 heterocycles. The smallest absolute Gasteiger partial charge is 0.345 e. The zero-order chi connectivity index (χ0) is 14.2. The molecule has 0 saturated carbocycles. The van der Waals surface area contributed by atoms with E-state index >= 15 is 0 Å². The predicted molar refractivity (Wildman–Crippen MR) is 72.4 cm³/mol. The van der Waals surface area contributed by atoms with E-state index in [1.807, 2.05) is 0 Å². The van der Waals surface area contributed by atoms with Crippen LogP contribution in [0.4, 0.5) is 0 Å². The van der Waals surface area contributed by atoms with E-state index in [2.05, 4.69) is 0 Å². The summed E-state index contributed by atoms with van der Waals surface area (Å²) in [5.74, 6) is 1.27. The number of allylic oxidation sites excluding steroid dienone is 2. The Hall–Kier alpha value is -0.900. The van der Waals surface area contributed by atoms with Crippen molar-refractivity contribution in [1.82, 2.24) is 4.90 Å². The van der Waals surface area contributed by atoms with Crippen LogP contribution in [0.1, 0.15) is 20.8 Å². The van der Waals surface area contributed by atoms with E-state index in [-0.39, 0.29) is 5.91 Å². The fraction of sp³-hybridized carbons (Fsp3) is 0.583. The summed E-state index contributed by atoms with van der Waals surface area (Å²) in [5.41, 5.74) is 0.552. The maximum absolute atomic E-state index is 12.0. The Morgan fingerprint density at radius 1 is 1.22 bits per heavy atom. The zero-order valence-corrected chi connectivity index (χ0v) is 12.6. The molecule has 0 unspecified atom stereocenters. The number of carbonyl (C=O) groups is 1. The van der Waals surface area contributed by atoms with Gasteiger partial charge in [-0.05, 0) is 20.8 Å². The fourth-order valence-corrected chi connectivity index (χ4v) is 2.46. The second-order valence-electron chi connectivity index (χ2n) is 3.77. The minimum absolute atomic E-state index is 0.0951. The van der Waals surface area contributed by atoms with Crippen molar-refractivity contribution in [2.24, 2.45) is 0 Å². The second kappa shape index (κ2) is 8.25. The third-order valence-electron chi connectivity index (χ3n) is 1.98. The van der Waals surface area contributed by atoms with Gasteiger partial charge in [-0.2, -0.15) is 0 Å². The predicted octanol–water partition coefficient (Wildman–Crippen LogP) is 2.80. The SMILES string of the molecule is CCOP(=O)(/C=C/C=C(/C)C(=O)N(C)C)OCC. The van der Waals surface area contributed by atoms with E-state index in [0.717, 1.165) is 0 Å². The highest BCUT2D eigenvalue weighted by atomic mass is 31.2. The van der Waals surface area contributed by atoms with Gasteiger partial charge in [0.25, 0.3) is 0 Å². The Balaban J connectivity index is 4.75. The van der Waals surface area contributed by atoms with Crippen LogP contribution < -0.4 is 0 Å². The minimum atomic E-state index is -3.18. The van der Waals surface area contributed by atoms with Gasteiger partial charge in [0.1, 0.15) is 0 Å². The third-order valence-corrected chi connectivity index (χ3v) is 3.75. The highest BCUT2D eigenvalue weighted by molar-refractivity contribution is 7.57. The van der Waals surface area contributed by atoms with Crippen LogP contribution in [0.15, 0.2) is 23.5 Å². The number of carbonyl (C=O) groups excluding carboxylic acids is 1. The van der Waals surface area contributed by atoms with Gasteiger partial charge >= 0.3 is 7.60 Å². The van der Waals surface area contributed by atoms with E-state index < -0.39 is 7.60 Å². The first-order chi connectivity index (χ1) is 8.36. The number of nitrogens with zero attached hydrogens (tertiary/aromatic N) is 1. The van der Waals surface area contributed by atoms with Gasteiger partial charge in [0.05, 0.1) is 13.2 Å². The normalized spacial score (nSPS) is 13.1. The van der Waals surface area contributed by atoms with Crippen LogP contribution in [0.5, 0.6) is 0 Å². The van der Waals surface area contributed by atoms with E-state index in [1.54, 1.807) is 40.9 Å². The monoisotopic (exact) mass is 275 g/mol. The van der Waals surface area contributed by atoms with E-state index in [9.17, 15) is 9.36 Å². The lowest BCUT2D eigenvalue weighted by molar-refractivity contribution is -0.124. The average molecular weight is 275 g/mol. The van der Waals surface area contributed by atoms with Crippen molar-refractivity contribution < 1.29 is 18.4 Å². The molecule has 0 bridgehead atoms. The van der Waals surface area contributed by atoms with Crippen molar-refractivity contribution in [3.8, 4) is 0 Å². The van der Waals surface area contributed by atoms with Crippen molar-refractivity contribution in [2.75, 3.05) is 27.3 Å². The highest BCUT2D eigenvalue weighted by Gasteiger charge is 2.18. The van der Waals surface area contributed by atoms with E-state index in [0.29, 0.717) is 18.8 Å². The number of hydrogen-bond donors (Lipinski definition) is 0. The number of likely N-dealkylation sites (N-methyl/N-ethyl adjacent to an activating group) is 1. The molecule has 6 heteroatoms. The van der Waals surface area contributed by atoms with E-state index in [4.69, 9.17) is 9.05 Å². The van der Waals surface area contributed by atoms with Crippen LogP contribution in [0.3, 0.4) is 0 Å². The summed E-state index contributed by atoms with van der Waals surface area (Å²) in [6.45, 7) is 5.80. The zero-order valence-electron chi connectivity index (χ0n) is 11.7. The second-order valence-corrected chi connectivity index (χ2v) is 5.66. The summed E-state index contributed by atoms with van der Waals surface area (Å²) in [6, 6.07) is 0. The lowest BCUT2D eigenvalue weighted by atomic mass is 10.2. The summed E-state index contributed by atoms with van der Waals surface area (Å²) in [4.78, 5) is 13.0. The van der Waals surface area contributed by atoms with Crippen LogP contribution in [0.25, 0.3) is 0 Å². The molecule has 0 aromatic heterocycles. The van der Waals surface area contributed by atoms with Crippen LogP contribution >= 0.6 is 7.60 Å². The van der Waals surface area contributed by atoms with Gasteiger partial charge in [0.2, 0.25) is 5.91 Å². The molecule has 1 amide bonds. The average Bonchev–Trinajstić information content (AvgIpc) is 2.28. The molecule has 5 nitrogen and oxygen atoms in total. The number of amides is 1. The molecule has 18 heavy (non-hydrogen) atoms. The maximum atomic E-state index is 12.0. The van der Waals surface area contributed by atoms with Gasteiger partial charge in [-0.15, -0.1) is 0 Å². The largest absolute Gasteiger partial charge is 0.354 e. The Morgan fingerprint density at radius 2 is 1.72 bits per heavy atom. The lowest BCUT2D eigenvalue weighted by Crippen LogP contribution is -2.22. The molecule has 0 N–H and O–H groups in total. The summed E-state index contributed by atoms with van der Waals surface area (Å²) in [6.07, 6.45) is 3.12. The Kier molecular flexibility index (Phi) is 7.83. The number of rotatable bonds is 7. The highest BCUT2D eigenvalue weighted by Crippen LogP contribution is 2.49. The van der Waals surface area contributed by atoms with Gasteiger partial charge in [-0.25, -0.2) is 0 Å². The van der Waals surface area contributed by atoms with Crippen molar-refractivity contribution in [1.29, 1.82) is 0 Å². The fourth-order valence-electron chi connectivity index (χ4n) is 1.20. The van der Waals surface area contributed by atoms with Gasteiger partial charge in [-0.1, -0.05) is 12.2 Å². The molecule has 0 fully saturated rings. The molecule has 0 aromatic carbocycles. The summed E-state index contributed by atoms with van der Waals surface area (Å²) in [5, 5.41) is 0. The lowest BCUT2D eigenvalue weighted by Gasteiger charge is -2.12. The molecule has 0 aliphatic carbocycles. The van der Waals surface area contributed by atoms with Gasteiger partial charge < -0.3 is 13.9 Å². The summed E-state index contributed by atoms with van der Waals surface area (Å²) in [7, 11) is 0.171. The first kappa shape index (κ1) is 17.1. The van der Waals surface area contributed by atoms with Gasteiger partial charge in [-0.3, -0.25) is 9.36 Å². The van der Waals surface area contributed by atoms with Crippen molar-refractivity contribution in [2.45, 2.75) is 20.8 Å². The molecule has 104 valence electrons. The molecule has 0 saturated heterocycles. The van der Waals surface area contributed by atoms with Gasteiger partial charge in [0.15, 0.2) is 0 Å². The maximum Gasteiger partial charge on any atom is 0.354 e. The van der Waals surface area contributed by atoms with Crippen LogP contribution in [0, 0.1) is 0 Å². The Labute approximate surface area is 109 Å². The van der Waals surface area contributed by atoms with Crippen LogP contribution in [-0.4, -0.2) is 38.1 Å². The number of hydrogen-bond acceptors (Lipinski definition) is 4. The standard InChI is InChI=1S/C12H22NO4P/c1-6-16-18(15,17-7-2)10-8-9-11(3)12(14)13(4)5/h8-10H,6-7H2,1-5H3/b10-8+,11-9-. The van der Waals surface area contributed by atoms with Crippen molar-refractivity contribution in [3.63, 3.8) is 0 Å². The van der Waals surface area contributed by atoms with Crippen molar-refractivity contribution >= 4 is 13.5 Å². The summed E-state index contributed by atoms with van der Waals surface area (Å²) >= 11 is 0. The van der Waals surface area contributed by atoms with Crippen LogP contribution in [0.2, 0.25) is 0 Å². The van der Waals surface area contributed by atoms with Crippen molar-refractivity contribution in [3.05, 3.63) is 23.5 Å². The molecule has 0 spiro atoms. The third kappa shape index (κ3) is 6.15. The molecule has 0 radical (unpaired) electrons. The van der Waals surface area contributed by atoms with Gasteiger partial charge in [0, 0.05) is 25.5 Å². The summed E-state index contributed by atoms with van der Waals surface area (Å²) < 4.78 is 22.2. The topological polar surface area (TPSA) is 55.8 Å². The molecule has 0 atom stereocenters. The molecule has 0 aromatic rings. The molecule has 0 aliphatic rings. The van der Waals surface area contributed by atoms with E-state index in [1.165, 1.54) is 16.8 Å².